The molecule has 0 fully saturated rings. The summed E-state index contributed by atoms with van der Waals surface area (Å²) in [6.07, 6.45) is 7.16. The summed E-state index contributed by atoms with van der Waals surface area (Å²) in [7, 11) is 0. The highest BCUT2D eigenvalue weighted by Gasteiger charge is 2.05. The second kappa shape index (κ2) is 11.4. The van der Waals surface area contributed by atoms with E-state index in [2.05, 4.69) is 55.9 Å². The number of aromatic hydroxyl groups is 1. The monoisotopic (exact) mass is 459 g/mol. The van der Waals surface area contributed by atoms with E-state index in [1.54, 1.807) is 24.5 Å². The quantitative estimate of drug-likeness (QED) is 0.293. The SMILES string of the molecule is Oc1ccc(CCNc2nccc(-c3cccc(CNCCc4cccnc4)c3)n2)cc1Cl. The molecule has 0 radical (unpaired) electrons. The highest BCUT2D eigenvalue weighted by atomic mass is 35.5. The number of anilines is 1. The molecule has 4 rings (SSSR count). The van der Waals surface area contributed by atoms with Crippen molar-refractivity contribution in [3.8, 4) is 17.0 Å². The van der Waals surface area contributed by atoms with Gasteiger partial charge in [-0.05, 0) is 66.4 Å². The Morgan fingerprint density at radius 2 is 1.73 bits per heavy atom. The third kappa shape index (κ3) is 6.75. The van der Waals surface area contributed by atoms with Gasteiger partial charge in [-0.3, -0.25) is 4.98 Å². The number of halogens is 1. The molecular weight excluding hydrogens is 434 g/mol. The minimum absolute atomic E-state index is 0.0929. The first kappa shape index (κ1) is 22.7. The number of nitrogens with one attached hydrogen (secondary N) is 2. The number of aromatic nitrogens is 3. The lowest BCUT2D eigenvalue weighted by molar-refractivity contribution is 0.475. The minimum atomic E-state index is 0.0929. The normalized spacial score (nSPS) is 10.8. The van der Waals surface area contributed by atoms with Gasteiger partial charge in [-0.1, -0.05) is 41.9 Å². The molecule has 0 atom stereocenters. The molecule has 0 saturated heterocycles. The summed E-state index contributed by atoms with van der Waals surface area (Å²) >= 11 is 5.98. The first-order valence-corrected chi connectivity index (χ1v) is 11.3. The maximum absolute atomic E-state index is 9.54. The predicted octanol–water partition coefficient (Wildman–Crippen LogP) is 4.88. The Morgan fingerprint density at radius 1 is 0.848 bits per heavy atom. The van der Waals surface area contributed by atoms with Gasteiger partial charge in [0.05, 0.1) is 10.7 Å². The first-order valence-electron chi connectivity index (χ1n) is 10.9. The number of nitrogens with zero attached hydrogens (tertiary/aromatic N) is 3. The van der Waals surface area contributed by atoms with Crippen LogP contribution in [0.1, 0.15) is 16.7 Å². The van der Waals surface area contributed by atoms with Crippen LogP contribution in [-0.4, -0.2) is 33.1 Å². The molecule has 0 unspecified atom stereocenters. The summed E-state index contributed by atoms with van der Waals surface area (Å²) in [5, 5.41) is 16.7. The molecule has 33 heavy (non-hydrogen) atoms. The van der Waals surface area contributed by atoms with Crippen molar-refractivity contribution in [1.82, 2.24) is 20.3 Å². The van der Waals surface area contributed by atoms with Crippen LogP contribution in [0.4, 0.5) is 5.95 Å². The molecule has 0 spiro atoms. The van der Waals surface area contributed by atoms with Gasteiger partial charge in [-0.25, -0.2) is 9.97 Å². The number of hydrogen-bond acceptors (Lipinski definition) is 6. The van der Waals surface area contributed by atoms with Crippen molar-refractivity contribution >= 4 is 17.5 Å². The summed E-state index contributed by atoms with van der Waals surface area (Å²) in [4.78, 5) is 13.2. The topological polar surface area (TPSA) is 83.0 Å². The van der Waals surface area contributed by atoms with E-state index in [1.807, 2.05) is 24.4 Å². The molecule has 2 aromatic carbocycles. The van der Waals surface area contributed by atoms with Crippen LogP contribution < -0.4 is 10.6 Å². The highest BCUT2D eigenvalue weighted by Crippen LogP contribution is 2.24. The van der Waals surface area contributed by atoms with Gasteiger partial charge in [0, 0.05) is 37.2 Å². The Bertz CT molecular complexity index is 1190. The molecule has 0 bridgehead atoms. The van der Waals surface area contributed by atoms with Crippen LogP contribution in [0.25, 0.3) is 11.3 Å². The van der Waals surface area contributed by atoms with Crippen molar-refractivity contribution in [1.29, 1.82) is 0 Å². The van der Waals surface area contributed by atoms with Crippen LogP contribution in [-0.2, 0) is 19.4 Å². The lowest BCUT2D eigenvalue weighted by Gasteiger charge is -2.09. The summed E-state index contributed by atoms with van der Waals surface area (Å²) in [6.45, 7) is 2.34. The van der Waals surface area contributed by atoms with Crippen LogP contribution in [0.2, 0.25) is 5.02 Å². The Labute approximate surface area is 198 Å². The Kier molecular flexibility index (Phi) is 7.85. The number of phenolic OH excluding ortho intramolecular Hbond substituents is 1. The van der Waals surface area contributed by atoms with Gasteiger partial charge in [-0.15, -0.1) is 0 Å². The molecule has 0 aliphatic heterocycles. The fraction of sp³-hybridized carbons (Fsp3) is 0.192. The van der Waals surface area contributed by atoms with Crippen molar-refractivity contribution in [2.45, 2.75) is 19.4 Å². The van der Waals surface area contributed by atoms with Gasteiger partial charge >= 0.3 is 0 Å². The molecule has 0 aliphatic rings. The molecule has 2 aromatic heterocycles. The third-order valence-corrected chi connectivity index (χ3v) is 5.53. The van der Waals surface area contributed by atoms with E-state index in [9.17, 15) is 5.11 Å². The van der Waals surface area contributed by atoms with E-state index in [4.69, 9.17) is 11.6 Å². The van der Waals surface area contributed by atoms with E-state index < -0.39 is 0 Å². The number of benzene rings is 2. The third-order valence-electron chi connectivity index (χ3n) is 5.23. The lowest BCUT2D eigenvalue weighted by atomic mass is 10.1. The molecule has 0 amide bonds. The zero-order chi connectivity index (χ0) is 22.9. The average molecular weight is 460 g/mol. The van der Waals surface area contributed by atoms with E-state index in [0.29, 0.717) is 17.5 Å². The molecule has 6 nitrogen and oxygen atoms in total. The number of phenols is 1. The first-order chi connectivity index (χ1) is 16.2. The number of hydrogen-bond donors (Lipinski definition) is 3. The van der Waals surface area contributed by atoms with Crippen LogP contribution >= 0.6 is 11.6 Å². The largest absolute Gasteiger partial charge is 0.506 e. The summed E-state index contributed by atoms with van der Waals surface area (Å²) in [5.74, 6) is 0.674. The van der Waals surface area contributed by atoms with Gasteiger partial charge in [0.15, 0.2) is 0 Å². The van der Waals surface area contributed by atoms with Gasteiger partial charge in [0.25, 0.3) is 0 Å². The maximum atomic E-state index is 9.54. The second-order valence-corrected chi connectivity index (χ2v) is 8.12. The molecule has 0 saturated carbocycles. The van der Waals surface area contributed by atoms with Gasteiger partial charge in [0.1, 0.15) is 5.75 Å². The van der Waals surface area contributed by atoms with E-state index in [-0.39, 0.29) is 5.75 Å². The summed E-state index contributed by atoms with van der Waals surface area (Å²) in [6, 6.07) is 19.6. The molecule has 168 valence electrons. The number of pyridine rings is 1. The Morgan fingerprint density at radius 3 is 2.58 bits per heavy atom. The zero-order valence-electron chi connectivity index (χ0n) is 18.2. The smallest absolute Gasteiger partial charge is 0.223 e. The fourth-order valence-corrected chi connectivity index (χ4v) is 3.68. The van der Waals surface area contributed by atoms with Gasteiger partial charge in [0.2, 0.25) is 5.95 Å². The van der Waals surface area contributed by atoms with Crippen molar-refractivity contribution in [2.75, 3.05) is 18.4 Å². The molecule has 7 heteroatoms. The minimum Gasteiger partial charge on any atom is -0.506 e. The summed E-state index contributed by atoms with van der Waals surface area (Å²) < 4.78 is 0. The van der Waals surface area contributed by atoms with Gasteiger partial charge < -0.3 is 15.7 Å². The van der Waals surface area contributed by atoms with Crippen LogP contribution in [0, 0.1) is 0 Å². The highest BCUT2D eigenvalue weighted by molar-refractivity contribution is 6.32. The van der Waals surface area contributed by atoms with Gasteiger partial charge in [-0.2, -0.15) is 0 Å². The van der Waals surface area contributed by atoms with Crippen molar-refractivity contribution in [3.63, 3.8) is 0 Å². The van der Waals surface area contributed by atoms with Crippen LogP contribution in [0.5, 0.6) is 5.75 Å². The van der Waals surface area contributed by atoms with Crippen LogP contribution in [0.15, 0.2) is 79.3 Å². The lowest BCUT2D eigenvalue weighted by Crippen LogP contribution is -2.16. The van der Waals surface area contributed by atoms with Crippen molar-refractivity contribution in [3.05, 3.63) is 101 Å². The molecule has 2 heterocycles. The zero-order valence-corrected chi connectivity index (χ0v) is 19.0. The van der Waals surface area contributed by atoms with Crippen molar-refractivity contribution < 1.29 is 5.11 Å². The van der Waals surface area contributed by atoms with E-state index in [0.717, 1.165) is 42.8 Å². The molecule has 0 aliphatic carbocycles. The molecule has 4 aromatic rings. The number of rotatable bonds is 10. The Balaban J connectivity index is 1.31. The molecular formula is C26H26ClN5O. The van der Waals surface area contributed by atoms with Crippen molar-refractivity contribution in [2.24, 2.45) is 0 Å². The average Bonchev–Trinajstić information content (AvgIpc) is 2.85. The fourth-order valence-electron chi connectivity index (χ4n) is 3.48. The predicted molar refractivity (Wildman–Crippen MR) is 132 cm³/mol. The summed E-state index contributed by atoms with van der Waals surface area (Å²) in [5.41, 5.74) is 5.39. The standard InChI is InChI=1S/C26H26ClN5O/c27-23-16-19(6-7-25(23)33)9-13-30-26-31-14-10-24(32-26)22-5-1-3-21(15-22)18-29-12-8-20-4-2-11-28-17-20/h1-7,10-11,14-17,29,33H,8-9,12-13,18H2,(H,30,31,32). The van der Waals surface area contributed by atoms with E-state index >= 15 is 0 Å². The molecule has 3 N–H and O–H groups in total. The van der Waals surface area contributed by atoms with E-state index in [1.165, 1.54) is 11.1 Å². The maximum Gasteiger partial charge on any atom is 0.223 e. The second-order valence-electron chi connectivity index (χ2n) is 7.72. The van der Waals surface area contributed by atoms with Crippen LogP contribution in [0.3, 0.4) is 0 Å². The Hall–Kier alpha value is -3.48.